The van der Waals surface area contributed by atoms with Gasteiger partial charge in [-0.1, -0.05) is 12.1 Å². The lowest BCUT2D eigenvalue weighted by Crippen LogP contribution is -2.38. The molecule has 19 heavy (non-hydrogen) atoms. The fourth-order valence-electron chi connectivity index (χ4n) is 1.75. The summed E-state index contributed by atoms with van der Waals surface area (Å²) in [5.41, 5.74) is 6.54. The van der Waals surface area contributed by atoms with Crippen LogP contribution < -0.4 is 10.6 Å². The molecule has 0 spiro atoms. The second-order valence-electron chi connectivity index (χ2n) is 4.04. The molecule has 0 aliphatic heterocycles. The number of fused-ring (bicyclic) bond motifs is 1. The predicted octanol–water partition coefficient (Wildman–Crippen LogP) is 1.96. The lowest BCUT2D eigenvalue weighted by molar-refractivity contribution is -0.119. The van der Waals surface area contributed by atoms with Crippen molar-refractivity contribution in [1.29, 1.82) is 0 Å². The Morgan fingerprint density at radius 1 is 1.16 bits per heavy atom. The number of alkyl halides is 3. The molecule has 4 nitrogen and oxygen atoms in total. The number of nitrogens with zero attached hydrogens (tertiary/aromatic N) is 3. The minimum atomic E-state index is -4.30. The first-order chi connectivity index (χ1) is 8.99. The van der Waals surface area contributed by atoms with Crippen LogP contribution in [0.3, 0.4) is 0 Å². The highest BCUT2D eigenvalue weighted by atomic mass is 19.4. The van der Waals surface area contributed by atoms with E-state index in [4.69, 9.17) is 5.73 Å². The number of para-hydroxylation sites is 2. The van der Waals surface area contributed by atoms with Gasteiger partial charge in [-0.2, -0.15) is 13.2 Å². The van der Waals surface area contributed by atoms with E-state index >= 15 is 0 Å². The van der Waals surface area contributed by atoms with Gasteiger partial charge in [0.05, 0.1) is 17.2 Å². The van der Waals surface area contributed by atoms with Crippen LogP contribution in [0.1, 0.15) is 0 Å². The molecular weight excluding hydrogens is 257 g/mol. The quantitative estimate of drug-likeness (QED) is 0.922. The van der Waals surface area contributed by atoms with Crippen LogP contribution in [0.5, 0.6) is 0 Å². The summed E-state index contributed by atoms with van der Waals surface area (Å²) in [5.74, 6) is 0.182. The zero-order chi connectivity index (χ0) is 13.9. The highest BCUT2D eigenvalue weighted by molar-refractivity contribution is 5.75. The Balaban J connectivity index is 2.33. The van der Waals surface area contributed by atoms with E-state index in [2.05, 4.69) is 9.97 Å². The first-order valence-electron chi connectivity index (χ1n) is 5.73. The Hall–Kier alpha value is -1.89. The van der Waals surface area contributed by atoms with Crippen molar-refractivity contribution in [1.82, 2.24) is 9.97 Å². The molecule has 0 fully saturated rings. The van der Waals surface area contributed by atoms with Gasteiger partial charge in [0.25, 0.3) is 0 Å². The second-order valence-corrected chi connectivity index (χ2v) is 4.04. The Kier molecular flexibility index (Phi) is 3.84. The van der Waals surface area contributed by atoms with Gasteiger partial charge in [0, 0.05) is 13.1 Å². The van der Waals surface area contributed by atoms with Crippen LogP contribution in [0.4, 0.5) is 19.0 Å². The number of anilines is 1. The molecule has 0 atom stereocenters. The molecule has 102 valence electrons. The lowest BCUT2D eigenvalue weighted by atomic mass is 10.3. The summed E-state index contributed by atoms with van der Waals surface area (Å²) in [6.45, 7) is -0.895. The van der Waals surface area contributed by atoms with E-state index in [0.717, 1.165) is 4.90 Å². The standard InChI is InChI=1S/C12H13F3N4/c13-12(14,15)8-19(6-5-16)11-7-17-9-3-1-2-4-10(9)18-11/h1-4,7H,5-6,8,16H2. The predicted molar refractivity (Wildman–Crippen MR) is 66.9 cm³/mol. The van der Waals surface area contributed by atoms with Crippen LogP contribution in [0.25, 0.3) is 11.0 Å². The fraction of sp³-hybridized carbons (Fsp3) is 0.333. The summed E-state index contributed by atoms with van der Waals surface area (Å²) < 4.78 is 37.5. The molecule has 1 aromatic heterocycles. The maximum absolute atomic E-state index is 12.5. The Labute approximate surface area is 108 Å². The largest absolute Gasteiger partial charge is 0.405 e. The van der Waals surface area contributed by atoms with Gasteiger partial charge in [-0.25, -0.2) is 4.98 Å². The smallest absolute Gasteiger partial charge is 0.345 e. The first kappa shape index (κ1) is 13.5. The van der Waals surface area contributed by atoms with Gasteiger partial charge >= 0.3 is 6.18 Å². The number of hydrogen-bond donors (Lipinski definition) is 1. The van der Waals surface area contributed by atoms with Gasteiger partial charge in [0.2, 0.25) is 0 Å². The summed E-state index contributed by atoms with van der Waals surface area (Å²) in [5, 5.41) is 0. The van der Waals surface area contributed by atoms with Crippen molar-refractivity contribution < 1.29 is 13.2 Å². The van der Waals surface area contributed by atoms with Crippen LogP contribution in [-0.4, -0.2) is 35.8 Å². The van der Waals surface area contributed by atoms with Crippen molar-refractivity contribution in [3.05, 3.63) is 30.5 Å². The van der Waals surface area contributed by atoms with E-state index < -0.39 is 12.7 Å². The maximum Gasteiger partial charge on any atom is 0.405 e. The van der Waals surface area contributed by atoms with E-state index in [9.17, 15) is 13.2 Å². The summed E-state index contributed by atoms with van der Waals surface area (Å²) in [4.78, 5) is 9.37. The van der Waals surface area contributed by atoms with Gasteiger partial charge < -0.3 is 10.6 Å². The minimum Gasteiger partial charge on any atom is -0.345 e. The van der Waals surface area contributed by atoms with E-state index in [1.165, 1.54) is 6.20 Å². The van der Waals surface area contributed by atoms with Crippen LogP contribution in [0.2, 0.25) is 0 Å². The normalized spacial score (nSPS) is 11.8. The third kappa shape index (κ3) is 3.54. The van der Waals surface area contributed by atoms with Gasteiger partial charge in [0.15, 0.2) is 0 Å². The fourth-order valence-corrected chi connectivity index (χ4v) is 1.75. The monoisotopic (exact) mass is 270 g/mol. The topological polar surface area (TPSA) is 55.0 Å². The number of halogens is 3. The van der Waals surface area contributed by atoms with Crippen molar-refractivity contribution in [3.8, 4) is 0 Å². The van der Waals surface area contributed by atoms with Crippen LogP contribution >= 0.6 is 0 Å². The van der Waals surface area contributed by atoms with Gasteiger partial charge in [-0.15, -0.1) is 0 Å². The third-order valence-electron chi connectivity index (χ3n) is 2.53. The molecule has 0 unspecified atom stereocenters. The molecule has 0 radical (unpaired) electrons. The summed E-state index contributed by atoms with van der Waals surface area (Å²) in [7, 11) is 0. The van der Waals surface area contributed by atoms with Gasteiger partial charge in [-0.3, -0.25) is 4.98 Å². The Morgan fingerprint density at radius 3 is 2.47 bits per heavy atom. The maximum atomic E-state index is 12.5. The van der Waals surface area contributed by atoms with Crippen molar-refractivity contribution >= 4 is 16.9 Å². The summed E-state index contributed by atoms with van der Waals surface area (Å²) in [6.07, 6.45) is -2.97. The van der Waals surface area contributed by atoms with Gasteiger partial charge in [-0.05, 0) is 12.1 Å². The van der Waals surface area contributed by atoms with E-state index in [-0.39, 0.29) is 18.9 Å². The number of aromatic nitrogens is 2. The number of hydrogen-bond acceptors (Lipinski definition) is 4. The molecular formula is C12H13F3N4. The minimum absolute atomic E-state index is 0.0759. The molecule has 0 aliphatic carbocycles. The van der Waals surface area contributed by atoms with Crippen molar-refractivity contribution in [2.45, 2.75) is 6.18 Å². The average molecular weight is 270 g/mol. The number of rotatable bonds is 4. The Morgan fingerprint density at radius 2 is 1.84 bits per heavy atom. The second kappa shape index (κ2) is 5.40. The molecule has 1 heterocycles. The molecule has 2 N–H and O–H groups in total. The van der Waals surface area contributed by atoms with Crippen molar-refractivity contribution in [2.24, 2.45) is 5.73 Å². The highest BCUT2D eigenvalue weighted by Gasteiger charge is 2.31. The molecule has 7 heteroatoms. The van der Waals surface area contributed by atoms with E-state index in [1.807, 2.05) is 0 Å². The van der Waals surface area contributed by atoms with Crippen molar-refractivity contribution in [3.63, 3.8) is 0 Å². The summed E-state index contributed by atoms with van der Waals surface area (Å²) >= 11 is 0. The zero-order valence-corrected chi connectivity index (χ0v) is 10.1. The molecule has 2 aromatic rings. The average Bonchev–Trinajstić information content (AvgIpc) is 2.36. The molecule has 0 bridgehead atoms. The molecule has 2 rings (SSSR count). The summed E-state index contributed by atoms with van der Waals surface area (Å²) in [6, 6.07) is 7.02. The zero-order valence-electron chi connectivity index (χ0n) is 10.1. The number of benzene rings is 1. The van der Waals surface area contributed by atoms with Gasteiger partial charge in [0.1, 0.15) is 12.4 Å². The molecule has 0 saturated heterocycles. The SMILES string of the molecule is NCCN(CC(F)(F)F)c1cnc2ccccc2n1. The first-order valence-corrected chi connectivity index (χ1v) is 5.73. The molecule has 0 saturated carbocycles. The highest BCUT2D eigenvalue weighted by Crippen LogP contribution is 2.21. The van der Waals surface area contributed by atoms with Crippen LogP contribution in [0.15, 0.2) is 30.5 Å². The van der Waals surface area contributed by atoms with E-state index in [0.29, 0.717) is 11.0 Å². The van der Waals surface area contributed by atoms with E-state index in [1.54, 1.807) is 24.3 Å². The Bertz CT molecular complexity index is 556. The third-order valence-corrected chi connectivity index (χ3v) is 2.53. The molecule has 0 aliphatic rings. The number of nitrogens with two attached hydrogens (primary N) is 1. The molecule has 1 aromatic carbocycles. The van der Waals surface area contributed by atoms with Crippen LogP contribution in [-0.2, 0) is 0 Å². The van der Waals surface area contributed by atoms with Crippen molar-refractivity contribution in [2.75, 3.05) is 24.5 Å². The lowest BCUT2D eigenvalue weighted by Gasteiger charge is -2.24. The van der Waals surface area contributed by atoms with Crippen LogP contribution in [0, 0.1) is 0 Å². The molecule has 0 amide bonds.